The van der Waals surface area contributed by atoms with E-state index in [4.69, 9.17) is 9.47 Å². The predicted molar refractivity (Wildman–Crippen MR) is 103 cm³/mol. The number of amides is 4. The molecule has 1 aromatic carbocycles. The van der Waals surface area contributed by atoms with Crippen LogP contribution in [0.1, 0.15) is 11.6 Å². The summed E-state index contributed by atoms with van der Waals surface area (Å²) in [4.78, 5) is 53.6. The van der Waals surface area contributed by atoms with E-state index in [-0.39, 0.29) is 30.0 Å². The van der Waals surface area contributed by atoms with Crippen LogP contribution in [0.15, 0.2) is 34.5 Å². The molecule has 0 aliphatic carbocycles. The third-order valence-electron chi connectivity index (χ3n) is 4.23. The van der Waals surface area contributed by atoms with Crippen LogP contribution < -0.4 is 10.6 Å². The molecule has 0 spiro atoms. The normalized spacial score (nSPS) is 15.9. The number of hydrogen-bond acceptors (Lipinski definition) is 7. The van der Waals surface area contributed by atoms with E-state index in [0.717, 1.165) is 25.3 Å². The number of nitrogens with zero attached hydrogens (tertiary/aromatic N) is 2. The molecule has 0 saturated heterocycles. The van der Waals surface area contributed by atoms with Crippen molar-refractivity contribution in [1.82, 2.24) is 15.5 Å². The number of halogens is 2. The summed E-state index contributed by atoms with van der Waals surface area (Å²) in [5.74, 6) is -3.85. The quantitative estimate of drug-likeness (QED) is 0.462. The van der Waals surface area contributed by atoms with Crippen molar-refractivity contribution >= 4 is 30.5 Å². The van der Waals surface area contributed by atoms with E-state index < -0.39 is 48.0 Å². The highest BCUT2D eigenvalue weighted by Gasteiger charge is 2.43. The molecule has 0 aromatic heterocycles. The monoisotopic (exact) mass is 438 g/mol. The van der Waals surface area contributed by atoms with Crippen molar-refractivity contribution in [2.24, 2.45) is 4.99 Å². The minimum Gasteiger partial charge on any atom is -0.466 e. The van der Waals surface area contributed by atoms with Gasteiger partial charge in [-0.25, -0.2) is 28.1 Å². The molecular weight excluding hydrogens is 418 g/mol. The lowest BCUT2D eigenvalue weighted by molar-refractivity contribution is -0.137. The second-order valence-electron chi connectivity index (χ2n) is 6.27. The fourth-order valence-corrected chi connectivity index (χ4v) is 2.92. The fourth-order valence-electron chi connectivity index (χ4n) is 2.92. The van der Waals surface area contributed by atoms with Gasteiger partial charge in [0, 0.05) is 7.11 Å². The Morgan fingerprint density at radius 1 is 1.26 bits per heavy atom. The van der Waals surface area contributed by atoms with Crippen molar-refractivity contribution in [3.63, 3.8) is 0 Å². The Kier molecular flexibility index (Phi) is 7.91. The minimum absolute atomic E-state index is 0.0231. The summed E-state index contributed by atoms with van der Waals surface area (Å²) in [6.07, 6.45) is 0. The van der Waals surface area contributed by atoms with Gasteiger partial charge in [-0.15, -0.1) is 0 Å². The molecule has 2 rings (SSSR count). The Hall–Kier alpha value is -3.67. The lowest BCUT2D eigenvalue weighted by Crippen LogP contribution is -2.55. The number of imide groups is 1. The standard InChI is InChI=1S/C19H20F2N4O6/c1-22-7-11(26)8-23-18(28)25-16(10-4-5-12(20)13(21)6-10)15(17(27)31-3)14(9-30-2)24-19(25)29/h4-6,16H,1,7-9H2,2-3H3,(H,23,28)(H,24,29). The highest BCUT2D eigenvalue weighted by Crippen LogP contribution is 2.35. The van der Waals surface area contributed by atoms with Crippen LogP contribution in [0.2, 0.25) is 0 Å². The zero-order valence-electron chi connectivity index (χ0n) is 16.7. The van der Waals surface area contributed by atoms with Crippen LogP contribution in [-0.2, 0) is 19.1 Å². The van der Waals surface area contributed by atoms with E-state index in [0.29, 0.717) is 4.90 Å². The van der Waals surface area contributed by atoms with E-state index in [1.54, 1.807) is 0 Å². The molecule has 10 nitrogen and oxygen atoms in total. The summed E-state index contributed by atoms with van der Waals surface area (Å²) in [7, 11) is 2.38. The lowest BCUT2D eigenvalue weighted by Gasteiger charge is -2.36. The second kappa shape index (κ2) is 10.4. The summed E-state index contributed by atoms with van der Waals surface area (Å²) in [6, 6.07) is -0.892. The zero-order valence-corrected chi connectivity index (χ0v) is 16.7. The van der Waals surface area contributed by atoms with Crippen molar-refractivity contribution < 1.29 is 37.4 Å². The number of ether oxygens (including phenoxy) is 2. The Labute approximate surface area is 175 Å². The van der Waals surface area contributed by atoms with E-state index in [1.807, 2.05) is 0 Å². The molecule has 1 heterocycles. The Morgan fingerprint density at radius 2 is 1.97 bits per heavy atom. The maximum Gasteiger partial charge on any atom is 0.338 e. The number of esters is 1. The van der Waals surface area contributed by atoms with Crippen LogP contribution in [0.3, 0.4) is 0 Å². The van der Waals surface area contributed by atoms with Gasteiger partial charge in [-0.2, -0.15) is 0 Å². The van der Waals surface area contributed by atoms with Gasteiger partial charge < -0.3 is 20.1 Å². The van der Waals surface area contributed by atoms with Crippen molar-refractivity contribution in [2.45, 2.75) is 6.04 Å². The second-order valence-corrected chi connectivity index (χ2v) is 6.27. The highest BCUT2D eigenvalue weighted by molar-refractivity contribution is 6.02. The van der Waals surface area contributed by atoms with E-state index >= 15 is 0 Å². The van der Waals surface area contributed by atoms with Crippen LogP contribution in [0.5, 0.6) is 0 Å². The number of hydrogen-bond donors (Lipinski definition) is 2. The average Bonchev–Trinajstić information content (AvgIpc) is 2.73. The van der Waals surface area contributed by atoms with Gasteiger partial charge in [-0.1, -0.05) is 6.07 Å². The fraction of sp³-hybridized carbons (Fsp3) is 0.316. The number of nitrogens with one attached hydrogen (secondary N) is 2. The number of carbonyl (C=O) groups excluding carboxylic acids is 4. The molecule has 166 valence electrons. The molecule has 0 bridgehead atoms. The van der Waals surface area contributed by atoms with Crippen LogP contribution in [-0.4, -0.2) is 69.3 Å². The number of methoxy groups -OCH3 is 2. The summed E-state index contributed by atoms with van der Waals surface area (Å²) < 4.78 is 37.2. The van der Waals surface area contributed by atoms with Crippen molar-refractivity contribution in [2.75, 3.05) is 33.9 Å². The zero-order chi connectivity index (χ0) is 23.1. The Morgan fingerprint density at radius 3 is 2.55 bits per heavy atom. The molecular formula is C19H20F2N4O6. The van der Waals surface area contributed by atoms with Gasteiger partial charge in [0.15, 0.2) is 17.4 Å². The van der Waals surface area contributed by atoms with Gasteiger partial charge in [0.25, 0.3) is 0 Å². The van der Waals surface area contributed by atoms with E-state index in [2.05, 4.69) is 22.3 Å². The molecule has 0 saturated carbocycles. The van der Waals surface area contributed by atoms with Gasteiger partial charge in [0.05, 0.1) is 38.1 Å². The van der Waals surface area contributed by atoms with Crippen LogP contribution in [0, 0.1) is 11.6 Å². The number of ketones is 1. The van der Waals surface area contributed by atoms with Crippen LogP contribution >= 0.6 is 0 Å². The van der Waals surface area contributed by atoms with Gasteiger partial charge in [0.2, 0.25) is 0 Å². The van der Waals surface area contributed by atoms with Gasteiger partial charge in [-0.3, -0.25) is 9.79 Å². The maximum absolute atomic E-state index is 13.9. The lowest BCUT2D eigenvalue weighted by atomic mass is 9.93. The number of rotatable bonds is 8. The van der Waals surface area contributed by atoms with Crippen LogP contribution in [0.25, 0.3) is 0 Å². The number of Topliss-reactive ketones (excluding diaryl/α,β-unsaturated/α-hetero) is 1. The number of urea groups is 2. The topological polar surface area (TPSA) is 126 Å². The highest BCUT2D eigenvalue weighted by atomic mass is 19.2. The van der Waals surface area contributed by atoms with Crippen molar-refractivity contribution in [3.8, 4) is 0 Å². The molecule has 0 fully saturated rings. The summed E-state index contributed by atoms with van der Waals surface area (Å²) in [5.41, 5.74) is -0.341. The molecule has 1 unspecified atom stereocenters. The molecule has 1 aliphatic rings. The first kappa shape index (κ1) is 23.6. The molecule has 4 amide bonds. The molecule has 31 heavy (non-hydrogen) atoms. The molecule has 1 atom stereocenters. The van der Waals surface area contributed by atoms with E-state index in [9.17, 15) is 28.0 Å². The first-order valence-electron chi connectivity index (χ1n) is 8.82. The molecule has 2 N–H and O–H groups in total. The largest absolute Gasteiger partial charge is 0.466 e. The summed E-state index contributed by atoms with van der Waals surface area (Å²) in [5, 5.41) is 4.58. The minimum atomic E-state index is -1.49. The number of benzene rings is 1. The molecule has 1 aliphatic heterocycles. The smallest absolute Gasteiger partial charge is 0.338 e. The first-order valence-corrected chi connectivity index (χ1v) is 8.82. The Balaban J connectivity index is 2.58. The third kappa shape index (κ3) is 5.28. The number of aliphatic imine (C=N–C) groups is 1. The molecule has 12 heteroatoms. The third-order valence-corrected chi connectivity index (χ3v) is 4.23. The van der Waals surface area contributed by atoms with Gasteiger partial charge >= 0.3 is 18.0 Å². The average molecular weight is 438 g/mol. The Bertz CT molecular complexity index is 949. The van der Waals surface area contributed by atoms with Crippen molar-refractivity contribution in [3.05, 3.63) is 46.7 Å². The molecule has 0 radical (unpaired) electrons. The SMILES string of the molecule is C=NCC(=O)CNC(=O)N1C(=O)NC(COC)=C(C(=O)OC)C1c1ccc(F)c(F)c1. The summed E-state index contributed by atoms with van der Waals surface area (Å²) in [6.45, 7) is 2.19. The van der Waals surface area contributed by atoms with E-state index in [1.165, 1.54) is 7.11 Å². The maximum atomic E-state index is 13.9. The summed E-state index contributed by atoms with van der Waals surface area (Å²) >= 11 is 0. The first-order chi connectivity index (χ1) is 14.7. The van der Waals surface area contributed by atoms with Crippen LogP contribution in [0.4, 0.5) is 18.4 Å². The van der Waals surface area contributed by atoms with Crippen molar-refractivity contribution in [1.29, 1.82) is 0 Å². The predicted octanol–water partition coefficient (Wildman–Crippen LogP) is 1.08. The van der Waals surface area contributed by atoms with Gasteiger partial charge in [0.1, 0.15) is 6.04 Å². The number of carbonyl (C=O) groups is 4. The van der Waals surface area contributed by atoms with Gasteiger partial charge in [-0.05, 0) is 24.4 Å². The molecule has 1 aromatic rings.